The Morgan fingerprint density at radius 3 is 2.40 bits per heavy atom. The molecule has 0 N–H and O–H groups in total. The van der Waals surface area contributed by atoms with Crippen LogP contribution in [0, 0.1) is 13.8 Å². The van der Waals surface area contributed by atoms with Crippen LogP contribution in [0.1, 0.15) is 30.7 Å². The summed E-state index contributed by atoms with van der Waals surface area (Å²) in [6, 6.07) is 0. The van der Waals surface area contributed by atoms with Crippen molar-refractivity contribution in [2.24, 2.45) is 0 Å². The van der Waals surface area contributed by atoms with Crippen LogP contribution < -0.4 is 4.90 Å². The molecule has 0 atom stereocenters. The summed E-state index contributed by atoms with van der Waals surface area (Å²) >= 11 is 6.06. The van der Waals surface area contributed by atoms with Gasteiger partial charge >= 0.3 is 0 Å². The van der Waals surface area contributed by atoms with Crippen molar-refractivity contribution in [2.75, 3.05) is 18.0 Å². The summed E-state index contributed by atoms with van der Waals surface area (Å²) in [7, 11) is 0. The molecule has 3 nitrogen and oxygen atoms in total. The number of hydrogen-bond donors (Lipinski definition) is 0. The first kappa shape index (κ1) is 10.7. The molecule has 1 aliphatic heterocycles. The van der Waals surface area contributed by atoms with Gasteiger partial charge in [0, 0.05) is 18.7 Å². The molecule has 2 heterocycles. The maximum atomic E-state index is 6.06. The second-order valence-corrected chi connectivity index (χ2v) is 4.42. The maximum absolute atomic E-state index is 6.06. The van der Waals surface area contributed by atoms with E-state index in [1.165, 1.54) is 19.3 Å². The van der Waals surface area contributed by atoms with Crippen LogP contribution in [0.15, 0.2) is 0 Å². The molecule has 0 amide bonds. The Morgan fingerprint density at radius 1 is 1.07 bits per heavy atom. The Kier molecular flexibility index (Phi) is 3.10. The number of halogens is 1. The van der Waals surface area contributed by atoms with Gasteiger partial charge in [0.1, 0.15) is 16.8 Å². The molecule has 1 aromatic heterocycles. The topological polar surface area (TPSA) is 29.0 Å². The van der Waals surface area contributed by atoms with E-state index in [4.69, 9.17) is 11.6 Å². The van der Waals surface area contributed by atoms with Gasteiger partial charge in [0.05, 0.1) is 0 Å². The minimum atomic E-state index is 0.586. The molecule has 0 aromatic carbocycles. The quantitative estimate of drug-likeness (QED) is 0.689. The zero-order chi connectivity index (χ0) is 10.8. The number of rotatable bonds is 1. The lowest BCUT2D eigenvalue weighted by molar-refractivity contribution is 0.571. The number of piperidine rings is 1. The van der Waals surface area contributed by atoms with Crippen molar-refractivity contribution < 1.29 is 0 Å². The molecule has 0 aliphatic carbocycles. The second-order valence-electron chi connectivity index (χ2n) is 4.06. The molecule has 1 saturated heterocycles. The van der Waals surface area contributed by atoms with Crippen molar-refractivity contribution in [2.45, 2.75) is 33.1 Å². The smallest absolute Gasteiger partial charge is 0.137 e. The van der Waals surface area contributed by atoms with E-state index in [9.17, 15) is 0 Å². The lowest BCUT2D eigenvalue weighted by Gasteiger charge is -2.29. The summed E-state index contributed by atoms with van der Waals surface area (Å²) in [5, 5.41) is 0.586. The summed E-state index contributed by atoms with van der Waals surface area (Å²) < 4.78 is 0. The van der Waals surface area contributed by atoms with Gasteiger partial charge in [0.2, 0.25) is 0 Å². The van der Waals surface area contributed by atoms with Crippen LogP contribution in [-0.4, -0.2) is 23.1 Å². The monoisotopic (exact) mass is 225 g/mol. The van der Waals surface area contributed by atoms with E-state index >= 15 is 0 Å². The molecule has 0 unspecified atom stereocenters. The molecule has 0 spiro atoms. The van der Waals surface area contributed by atoms with Gasteiger partial charge in [0.25, 0.3) is 0 Å². The van der Waals surface area contributed by atoms with Crippen molar-refractivity contribution in [3.8, 4) is 0 Å². The molecular weight excluding hydrogens is 210 g/mol. The molecule has 15 heavy (non-hydrogen) atoms. The first-order valence-electron chi connectivity index (χ1n) is 5.44. The van der Waals surface area contributed by atoms with Gasteiger partial charge in [-0.3, -0.25) is 0 Å². The van der Waals surface area contributed by atoms with Gasteiger partial charge in [0.15, 0.2) is 0 Å². The van der Waals surface area contributed by atoms with Crippen molar-refractivity contribution in [3.05, 3.63) is 16.5 Å². The van der Waals surface area contributed by atoms with Crippen molar-refractivity contribution >= 4 is 17.4 Å². The highest BCUT2D eigenvalue weighted by atomic mass is 35.5. The molecule has 1 fully saturated rings. The van der Waals surface area contributed by atoms with E-state index in [0.29, 0.717) is 5.15 Å². The predicted molar refractivity (Wildman–Crippen MR) is 62.6 cm³/mol. The van der Waals surface area contributed by atoms with Gasteiger partial charge in [-0.25, -0.2) is 9.97 Å². The third-order valence-corrected chi connectivity index (χ3v) is 3.20. The molecule has 82 valence electrons. The number of hydrogen-bond acceptors (Lipinski definition) is 3. The van der Waals surface area contributed by atoms with Crippen molar-refractivity contribution in [3.63, 3.8) is 0 Å². The molecule has 0 bridgehead atoms. The molecule has 1 aliphatic rings. The normalized spacial score (nSPS) is 16.9. The van der Waals surface area contributed by atoms with Crippen LogP contribution >= 0.6 is 11.6 Å². The predicted octanol–water partition coefficient (Wildman–Crippen LogP) is 2.74. The average Bonchev–Trinajstić information content (AvgIpc) is 2.24. The maximum Gasteiger partial charge on any atom is 0.137 e. The average molecular weight is 226 g/mol. The fourth-order valence-electron chi connectivity index (χ4n) is 1.99. The third-order valence-electron chi connectivity index (χ3n) is 2.83. The highest BCUT2D eigenvalue weighted by Crippen LogP contribution is 2.25. The largest absolute Gasteiger partial charge is 0.356 e. The van der Waals surface area contributed by atoms with Gasteiger partial charge in [-0.2, -0.15) is 0 Å². The highest BCUT2D eigenvalue weighted by molar-refractivity contribution is 6.30. The van der Waals surface area contributed by atoms with E-state index in [1.54, 1.807) is 0 Å². The standard InChI is InChI=1S/C11H16ClN3/c1-8-10(12)13-9(2)14-11(8)15-6-4-3-5-7-15/h3-7H2,1-2H3. The SMILES string of the molecule is Cc1nc(Cl)c(C)c(N2CCCCC2)n1. The summed E-state index contributed by atoms with van der Waals surface area (Å²) in [6.45, 7) is 6.06. The van der Waals surface area contributed by atoms with Gasteiger partial charge in [-0.15, -0.1) is 0 Å². The van der Waals surface area contributed by atoms with Crippen LogP contribution in [0.3, 0.4) is 0 Å². The summed E-state index contributed by atoms with van der Waals surface area (Å²) in [5.41, 5.74) is 1.00. The molecule has 2 rings (SSSR count). The second kappa shape index (κ2) is 4.35. The Morgan fingerprint density at radius 2 is 1.73 bits per heavy atom. The van der Waals surface area contributed by atoms with Gasteiger partial charge in [-0.05, 0) is 33.1 Å². The Hall–Kier alpha value is -0.830. The number of anilines is 1. The van der Waals surface area contributed by atoms with Crippen LogP contribution in [0.25, 0.3) is 0 Å². The highest BCUT2D eigenvalue weighted by Gasteiger charge is 2.16. The van der Waals surface area contributed by atoms with Gasteiger partial charge < -0.3 is 4.90 Å². The number of aryl methyl sites for hydroxylation is 1. The zero-order valence-electron chi connectivity index (χ0n) is 9.26. The van der Waals surface area contributed by atoms with Crippen LogP contribution in [-0.2, 0) is 0 Å². The van der Waals surface area contributed by atoms with E-state index in [2.05, 4.69) is 14.9 Å². The van der Waals surface area contributed by atoms with Crippen LogP contribution in [0.2, 0.25) is 5.15 Å². The molecular formula is C11H16ClN3. The fraction of sp³-hybridized carbons (Fsp3) is 0.636. The fourth-order valence-corrected chi connectivity index (χ4v) is 2.20. The zero-order valence-corrected chi connectivity index (χ0v) is 10.0. The Labute approximate surface area is 95.5 Å². The lowest BCUT2D eigenvalue weighted by Crippen LogP contribution is -2.31. The molecule has 0 saturated carbocycles. The third kappa shape index (κ3) is 2.23. The minimum absolute atomic E-state index is 0.586. The number of aromatic nitrogens is 2. The van der Waals surface area contributed by atoms with Gasteiger partial charge in [-0.1, -0.05) is 11.6 Å². The Balaban J connectivity index is 2.33. The first-order valence-corrected chi connectivity index (χ1v) is 5.82. The lowest BCUT2D eigenvalue weighted by atomic mass is 10.1. The van der Waals surface area contributed by atoms with Crippen molar-refractivity contribution in [1.29, 1.82) is 0 Å². The van der Waals surface area contributed by atoms with E-state index < -0.39 is 0 Å². The minimum Gasteiger partial charge on any atom is -0.356 e. The van der Waals surface area contributed by atoms with E-state index in [-0.39, 0.29) is 0 Å². The van der Waals surface area contributed by atoms with Crippen LogP contribution in [0.5, 0.6) is 0 Å². The summed E-state index contributed by atoms with van der Waals surface area (Å²) in [4.78, 5) is 11.0. The van der Waals surface area contributed by atoms with E-state index in [0.717, 1.165) is 30.3 Å². The van der Waals surface area contributed by atoms with Crippen LogP contribution in [0.4, 0.5) is 5.82 Å². The molecule has 0 radical (unpaired) electrons. The summed E-state index contributed by atoms with van der Waals surface area (Å²) in [6.07, 6.45) is 3.83. The van der Waals surface area contributed by atoms with Crippen molar-refractivity contribution in [1.82, 2.24) is 9.97 Å². The van der Waals surface area contributed by atoms with E-state index in [1.807, 2.05) is 13.8 Å². The molecule has 1 aromatic rings. The Bertz CT molecular complexity index is 359. The number of nitrogens with zero attached hydrogens (tertiary/aromatic N) is 3. The molecule has 4 heteroatoms. The first-order chi connectivity index (χ1) is 7.18. The summed E-state index contributed by atoms with van der Waals surface area (Å²) in [5.74, 6) is 1.78.